The maximum absolute atomic E-state index is 14.4. The van der Waals surface area contributed by atoms with E-state index in [0.29, 0.717) is 24.5 Å². The molecule has 8 heteroatoms. The lowest BCUT2D eigenvalue weighted by Gasteiger charge is -2.41. The van der Waals surface area contributed by atoms with E-state index in [9.17, 15) is 14.3 Å². The Bertz CT molecular complexity index is 1570. The van der Waals surface area contributed by atoms with Crippen molar-refractivity contribution in [2.45, 2.75) is 51.6 Å². The van der Waals surface area contributed by atoms with Crippen molar-refractivity contribution in [1.29, 1.82) is 0 Å². The van der Waals surface area contributed by atoms with Crippen molar-refractivity contribution in [2.75, 3.05) is 31.2 Å². The first-order chi connectivity index (χ1) is 19.3. The van der Waals surface area contributed by atoms with Crippen LogP contribution in [0.5, 0.6) is 5.75 Å². The number of aryl methyl sites for hydroxylation is 1. The average Bonchev–Trinajstić information content (AvgIpc) is 3.35. The van der Waals surface area contributed by atoms with Crippen LogP contribution in [0.25, 0.3) is 27.9 Å². The van der Waals surface area contributed by atoms with Gasteiger partial charge in [-0.1, -0.05) is 18.2 Å². The Morgan fingerprint density at radius 2 is 1.85 bits per heavy atom. The number of aromatic nitrogens is 2. The van der Waals surface area contributed by atoms with Crippen LogP contribution in [-0.2, 0) is 16.0 Å². The normalized spacial score (nSPS) is 17.1. The summed E-state index contributed by atoms with van der Waals surface area (Å²) in [5.41, 5.74) is 6.45. The molecule has 1 fully saturated rings. The average molecular weight is 544 g/mol. The van der Waals surface area contributed by atoms with Gasteiger partial charge in [-0.2, -0.15) is 5.10 Å². The number of pyridine rings is 1. The van der Waals surface area contributed by atoms with Gasteiger partial charge in [-0.15, -0.1) is 0 Å². The first kappa shape index (κ1) is 26.3. The van der Waals surface area contributed by atoms with Crippen LogP contribution in [0.2, 0.25) is 0 Å². The zero-order chi connectivity index (χ0) is 27.9. The van der Waals surface area contributed by atoms with Crippen LogP contribution in [0.15, 0.2) is 54.7 Å². The van der Waals surface area contributed by atoms with Crippen molar-refractivity contribution in [1.82, 2.24) is 9.61 Å². The van der Waals surface area contributed by atoms with Crippen molar-refractivity contribution in [3.63, 3.8) is 0 Å². The van der Waals surface area contributed by atoms with E-state index in [0.717, 1.165) is 77.9 Å². The van der Waals surface area contributed by atoms with E-state index in [2.05, 4.69) is 11.8 Å². The number of benzene rings is 2. The van der Waals surface area contributed by atoms with E-state index in [1.54, 1.807) is 6.07 Å². The number of aliphatic carboxylic acids is 1. The minimum atomic E-state index is -0.857. The van der Waals surface area contributed by atoms with Crippen LogP contribution < -0.4 is 9.64 Å². The fourth-order valence-electron chi connectivity index (χ4n) is 5.89. The monoisotopic (exact) mass is 543 g/mol. The van der Waals surface area contributed by atoms with Gasteiger partial charge in [0.2, 0.25) is 0 Å². The first-order valence-corrected chi connectivity index (χ1v) is 14.0. The van der Waals surface area contributed by atoms with Gasteiger partial charge in [-0.05, 0) is 86.6 Å². The zero-order valence-electron chi connectivity index (χ0n) is 23.0. The third kappa shape index (κ3) is 5.16. The molecule has 40 heavy (non-hydrogen) atoms. The number of carboxylic acids is 1. The van der Waals surface area contributed by atoms with Crippen LogP contribution in [0, 0.1) is 12.7 Å². The Hall–Kier alpha value is -3.91. The second-order valence-electron chi connectivity index (χ2n) is 11.1. The minimum Gasteiger partial charge on any atom is -0.493 e. The molecule has 208 valence electrons. The SMILES string of the molecule is Cc1cn2nc3cc2c(c1CC(=O)O)N1CCC(C)(CC1)OCCCCOc1ccc(F)cc1-c1cccc-3c1. The van der Waals surface area contributed by atoms with E-state index in [4.69, 9.17) is 14.6 Å². The van der Waals surface area contributed by atoms with Crippen LogP contribution in [0.3, 0.4) is 0 Å². The molecule has 7 rings (SSSR count). The number of fused-ring (bicyclic) bond motifs is 7. The Balaban J connectivity index is 1.51. The fraction of sp³-hybridized carbons (Fsp3) is 0.375. The van der Waals surface area contributed by atoms with Crippen molar-refractivity contribution < 1.29 is 23.8 Å². The van der Waals surface area contributed by atoms with Crippen LogP contribution in [-0.4, -0.2) is 52.6 Å². The highest BCUT2D eigenvalue weighted by atomic mass is 19.1. The number of hydrogen-bond donors (Lipinski definition) is 1. The number of rotatable bonds is 2. The van der Waals surface area contributed by atoms with Gasteiger partial charge in [0.1, 0.15) is 11.6 Å². The van der Waals surface area contributed by atoms with Crippen LogP contribution in [0.4, 0.5) is 10.1 Å². The predicted octanol–water partition coefficient (Wildman–Crippen LogP) is 6.29. The maximum Gasteiger partial charge on any atom is 0.307 e. The van der Waals surface area contributed by atoms with Gasteiger partial charge in [0.15, 0.2) is 0 Å². The van der Waals surface area contributed by atoms with Gasteiger partial charge < -0.3 is 19.5 Å². The number of piperidine rings is 1. The molecule has 0 radical (unpaired) electrons. The van der Waals surface area contributed by atoms with Gasteiger partial charge >= 0.3 is 5.97 Å². The summed E-state index contributed by atoms with van der Waals surface area (Å²) in [5, 5.41) is 14.7. The summed E-state index contributed by atoms with van der Waals surface area (Å²) in [4.78, 5) is 14.2. The number of carboxylic acid groups (broad SMARTS) is 1. The molecule has 3 aliphatic rings. The number of nitrogens with zero attached hydrogens (tertiary/aromatic N) is 3. The Morgan fingerprint density at radius 1 is 1.07 bits per heavy atom. The standard InChI is InChI=1S/C32H34FN3O4/c1-21-20-36-28-19-27(34-36)23-7-5-6-22(16-23)26-17-24(33)8-9-29(26)39-14-3-4-15-40-32(2)10-12-35(13-11-32)31(28)25(21)18-30(37)38/h5-9,16-17,19-20H,3-4,10-15,18H2,1-2H3,(H,37,38). The number of hydrogen-bond acceptors (Lipinski definition) is 5. The molecule has 2 aromatic heterocycles. The minimum absolute atomic E-state index is 0.0553. The van der Waals surface area contributed by atoms with Crippen molar-refractivity contribution >= 4 is 17.2 Å². The Kier molecular flexibility index (Phi) is 6.96. The molecule has 0 atom stereocenters. The molecule has 3 aliphatic heterocycles. The lowest BCUT2D eigenvalue weighted by molar-refractivity contribution is -0.136. The molecular formula is C32H34FN3O4. The first-order valence-electron chi connectivity index (χ1n) is 14.0. The topological polar surface area (TPSA) is 76.3 Å². The molecule has 0 aliphatic carbocycles. The summed E-state index contributed by atoms with van der Waals surface area (Å²) in [7, 11) is 0. The number of anilines is 1. The number of ether oxygens (including phenoxy) is 2. The van der Waals surface area contributed by atoms with E-state index in [-0.39, 0.29) is 17.8 Å². The molecule has 7 nitrogen and oxygen atoms in total. The molecule has 0 unspecified atom stereocenters. The molecule has 4 aromatic rings. The van der Waals surface area contributed by atoms with E-state index in [1.165, 1.54) is 12.1 Å². The molecule has 0 spiro atoms. The quantitative estimate of drug-likeness (QED) is 0.320. The van der Waals surface area contributed by atoms with Gasteiger partial charge in [0.05, 0.1) is 35.5 Å². The lowest BCUT2D eigenvalue weighted by Crippen LogP contribution is -2.45. The molecule has 1 saturated heterocycles. The smallest absolute Gasteiger partial charge is 0.307 e. The summed E-state index contributed by atoms with van der Waals surface area (Å²) in [6.07, 6.45) is 5.24. The second-order valence-corrected chi connectivity index (χ2v) is 11.1. The van der Waals surface area contributed by atoms with E-state index in [1.807, 2.05) is 48.0 Å². The van der Waals surface area contributed by atoms with E-state index >= 15 is 0 Å². The highest BCUT2D eigenvalue weighted by Gasteiger charge is 2.33. The Morgan fingerprint density at radius 3 is 2.65 bits per heavy atom. The number of carbonyl (C=O) groups is 1. The predicted molar refractivity (Wildman–Crippen MR) is 153 cm³/mol. The highest BCUT2D eigenvalue weighted by molar-refractivity contribution is 5.86. The van der Waals surface area contributed by atoms with Crippen molar-refractivity contribution in [3.05, 3.63) is 71.7 Å². The van der Waals surface area contributed by atoms with Gasteiger partial charge in [-0.25, -0.2) is 8.91 Å². The largest absolute Gasteiger partial charge is 0.493 e. The van der Waals surface area contributed by atoms with Gasteiger partial charge in [0.25, 0.3) is 0 Å². The summed E-state index contributed by atoms with van der Waals surface area (Å²) in [5.74, 6) is -0.539. The molecule has 5 heterocycles. The van der Waals surface area contributed by atoms with Crippen molar-refractivity contribution in [3.8, 4) is 28.1 Å². The van der Waals surface area contributed by atoms with Gasteiger partial charge in [-0.3, -0.25) is 4.79 Å². The number of halogens is 1. The molecule has 1 N–H and O–H groups in total. The molecule has 6 bridgehead atoms. The molecule has 2 aromatic carbocycles. The third-order valence-corrected chi connectivity index (χ3v) is 8.18. The summed E-state index contributed by atoms with van der Waals surface area (Å²) in [6.45, 7) is 6.81. The zero-order valence-corrected chi connectivity index (χ0v) is 23.0. The molecular weight excluding hydrogens is 509 g/mol. The van der Waals surface area contributed by atoms with Crippen molar-refractivity contribution in [2.24, 2.45) is 0 Å². The molecule has 0 amide bonds. The molecule has 0 saturated carbocycles. The summed E-state index contributed by atoms with van der Waals surface area (Å²) >= 11 is 0. The van der Waals surface area contributed by atoms with E-state index < -0.39 is 5.97 Å². The van der Waals surface area contributed by atoms with Crippen LogP contribution >= 0.6 is 0 Å². The van der Waals surface area contributed by atoms with Gasteiger partial charge in [0, 0.05) is 37.0 Å². The fourth-order valence-corrected chi connectivity index (χ4v) is 5.89. The van der Waals surface area contributed by atoms with Crippen LogP contribution in [0.1, 0.15) is 43.7 Å². The Labute approximate surface area is 233 Å². The second kappa shape index (κ2) is 10.6. The maximum atomic E-state index is 14.4. The third-order valence-electron chi connectivity index (χ3n) is 8.18. The highest BCUT2D eigenvalue weighted by Crippen LogP contribution is 2.38. The summed E-state index contributed by atoms with van der Waals surface area (Å²) in [6, 6.07) is 14.5. The summed E-state index contributed by atoms with van der Waals surface area (Å²) < 4.78 is 28.7. The lowest BCUT2D eigenvalue weighted by atomic mass is 9.92.